The maximum atomic E-state index is 10.7. The van der Waals surface area contributed by atoms with E-state index >= 15 is 0 Å². The lowest BCUT2D eigenvalue weighted by molar-refractivity contribution is -0.136. The quantitative estimate of drug-likeness (QED) is 0.726. The molecule has 0 aromatic heterocycles. The molecule has 1 aliphatic rings. The van der Waals surface area contributed by atoms with Crippen molar-refractivity contribution in [2.45, 2.75) is 31.4 Å². The Hall–Kier alpha value is -0.510. The second-order valence-electron chi connectivity index (χ2n) is 3.12. The van der Waals surface area contributed by atoms with Crippen LogP contribution in [0, 0.1) is 5.92 Å². The fourth-order valence-corrected chi connectivity index (χ4v) is 1.93. The van der Waals surface area contributed by atoms with Crippen LogP contribution in [0.25, 0.3) is 0 Å². The molecular weight excluding hydrogens is 176 g/mol. The minimum Gasteiger partial charge on any atom is -0.480 e. The van der Waals surface area contributed by atoms with Crippen molar-refractivity contribution in [1.29, 1.82) is 0 Å². The van der Waals surface area contributed by atoms with Crippen molar-refractivity contribution in [2.75, 3.05) is 0 Å². The first-order valence-electron chi connectivity index (χ1n) is 3.99. The van der Waals surface area contributed by atoms with Crippen LogP contribution in [0.15, 0.2) is 0 Å². The van der Waals surface area contributed by atoms with Crippen LogP contribution < -0.4 is 0 Å². The molecule has 1 atom stereocenters. The Morgan fingerprint density at radius 1 is 1.58 bits per heavy atom. The van der Waals surface area contributed by atoms with E-state index in [1.165, 1.54) is 6.92 Å². The number of carbonyl (C=O) groups excluding carboxylic acids is 1. The molecule has 1 rings (SSSR count). The molecule has 0 bridgehead atoms. The Kier molecular flexibility index (Phi) is 3.14. The van der Waals surface area contributed by atoms with Gasteiger partial charge in [-0.05, 0) is 12.3 Å². The lowest BCUT2D eigenvalue weighted by Gasteiger charge is -2.07. The molecule has 0 heterocycles. The molecule has 0 amide bonds. The summed E-state index contributed by atoms with van der Waals surface area (Å²) in [5.74, 6) is -0.306. The first-order chi connectivity index (χ1) is 5.59. The fourth-order valence-electron chi connectivity index (χ4n) is 1.06. The molecule has 1 N–H and O–H groups in total. The summed E-state index contributed by atoms with van der Waals surface area (Å²) in [4.78, 5) is 21.3. The molecule has 1 fully saturated rings. The van der Waals surface area contributed by atoms with Crippen LogP contribution in [0.1, 0.15) is 26.2 Å². The van der Waals surface area contributed by atoms with Gasteiger partial charge in [-0.2, -0.15) is 0 Å². The molecule has 1 saturated carbocycles. The van der Waals surface area contributed by atoms with Crippen LogP contribution >= 0.6 is 11.8 Å². The molecule has 3 nitrogen and oxygen atoms in total. The summed E-state index contributed by atoms with van der Waals surface area (Å²) in [6.07, 6.45) is 2.91. The van der Waals surface area contributed by atoms with Crippen LogP contribution in [-0.4, -0.2) is 21.4 Å². The SMILES string of the molecule is CC(=O)S[C@@H](CC1CC1)C(=O)O. The van der Waals surface area contributed by atoms with Gasteiger partial charge in [0.2, 0.25) is 0 Å². The van der Waals surface area contributed by atoms with Gasteiger partial charge >= 0.3 is 5.97 Å². The standard InChI is InChI=1S/C8H12O3S/c1-5(9)12-7(8(10)11)4-6-2-3-6/h6-7H,2-4H2,1H3,(H,10,11)/t7-/m0/s1. The molecule has 0 aromatic rings. The van der Waals surface area contributed by atoms with Gasteiger partial charge in [-0.1, -0.05) is 24.6 Å². The average molecular weight is 188 g/mol. The van der Waals surface area contributed by atoms with E-state index in [0.717, 1.165) is 24.6 Å². The van der Waals surface area contributed by atoms with Crippen LogP contribution in [0.4, 0.5) is 0 Å². The van der Waals surface area contributed by atoms with Gasteiger partial charge in [0.1, 0.15) is 5.25 Å². The first-order valence-corrected chi connectivity index (χ1v) is 4.87. The highest BCUT2D eigenvalue weighted by Crippen LogP contribution is 2.36. The monoisotopic (exact) mass is 188 g/mol. The molecule has 12 heavy (non-hydrogen) atoms. The summed E-state index contributed by atoms with van der Waals surface area (Å²) in [5.41, 5.74) is 0. The van der Waals surface area contributed by atoms with E-state index in [1.54, 1.807) is 0 Å². The van der Waals surface area contributed by atoms with Gasteiger partial charge in [0.25, 0.3) is 0 Å². The van der Waals surface area contributed by atoms with Crippen molar-refractivity contribution in [1.82, 2.24) is 0 Å². The zero-order chi connectivity index (χ0) is 9.14. The fraction of sp³-hybridized carbons (Fsp3) is 0.750. The largest absolute Gasteiger partial charge is 0.480 e. The lowest BCUT2D eigenvalue weighted by Crippen LogP contribution is -2.18. The third-order valence-corrected chi connectivity index (χ3v) is 2.84. The summed E-state index contributed by atoms with van der Waals surface area (Å²) in [7, 11) is 0. The van der Waals surface area contributed by atoms with Crippen molar-refractivity contribution < 1.29 is 14.7 Å². The van der Waals surface area contributed by atoms with Crippen LogP contribution in [0.3, 0.4) is 0 Å². The van der Waals surface area contributed by atoms with Gasteiger partial charge < -0.3 is 5.11 Å². The third kappa shape index (κ3) is 3.26. The summed E-state index contributed by atoms with van der Waals surface area (Å²) in [5, 5.41) is 8.10. The molecule has 0 saturated heterocycles. The number of rotatable bonds is 4. The van der Waals surface area contributed by atoms with E-state index in [0.29, 0.717) is 12.3 Å². The van der Waals surface area contributed by atoms with Crippen molar-refractivity contribution in [2.24, 2.45) is 5.92 Å². The van der Waals surface area contributed by atoms with E-state index in [1.807, 2.05) is 0 Å². The summed E-state index contributed by atoms with van der Waals surface area (Å²) >= 11 is 0.938. The highest BCUT2D eigenvalue weighted by Gasteiger charge is 2.30. The van der Waals surface area contributed by atoms with Gasteiger partial charge in [-0.25, -0.2) is 0 Å². The first kappa shape index (κ1) is 9.58. The van der Waals surface area contributed by atoms with Gasteiger partial charge in [0, 0.05) is 6.92 Å². The highest BCUT2D eigenvalue weighted by molar-refractivity contribution is 8.14. The number of hydrogen-bond acceptors (Lipinski definition) is 3. The van der Waals surface area contributed by atoms with Crippen molar-refractivity contribution in [3.8, 4) is 0 Å². The smallest absolute Gasteiger partial charge is 0.317 e. The minimum absolute atomic E-state index is 0.108. The number of hydrogen-bond donors (Lipinski definition) is 1. The number of thioether (sulfide) groups is 1. The molecule has 0 unspecified atom stereocenters. The molecule has 4 heteroatoms. The molecule has 1 aliphatic carbocycles. The normalized spacial score (nSPS) is 18.8. The third-order valence-electron chi connectivity index (χ3n) is 1.83. The predicted molar refractivity (Wildman–Crippen MR) is 47.0 cm³/mol. The Labute approximate surface area is 75.5 Å². The van der Waals surface area contributed by atoms with E-state index in [9.17, 15) is 9.59 Å². The van der Waals surface area contributed by atoms with Crippen LogP contribution in [-0.2, 0) is 9.59 Å². The van der Waals surface area contributed by atoms with Gasteiger partial charge in [-0.15, -0.1) is 0 Å². The molecule has 0 aliphatic heterocycles. The van der Waals surface area contributed by atoms with Gasteiger partial charge in [0.05, 0.1) is 0 Å². The number of carboxylic acid groups (broad SMARTS) is 1. The van der Waals surface area contributed by atoms with E-state index in [-0.39, 0.29) is 5.12 Å². The van der Waals surface area contributed by atoms with E-state index in [4.69, 9.17) is 5.11 Å². The van der Waals surface area contributed by atoms with Crippen LogP contribution in [0.2, 0.25) is 0 Å². The van der Waals surface area contributed by atoms with Crippen molar-refractivity contribution in [3.63, 3.8) is 0 Å². The average Bonchev–Trinajstić information content (AvgIpc) is 2.68. The second kappa shape index (κ2) is 3.94. The molecule has 0 radical (unpaired) electrons. The molecule has 0 aromatic carbocycles. The zero-order valence-corrected chi connectivity index (χ0v) is 7.76. The molecular formula is C8H12O3S. The predicted octanol–water partition coefficient (Wildman–Crippen LogP) is 1.52. The summed E-state index contributed by atoms with van der Waals surface area (Å²) in [6, 6.07) is 0. The maximum absolute atomic E-state index is 10.7. The summed E-state index contributed by atoms with van der Waals surface area (Å²) < 4.78 is 0. The van der Waals surface area contributed by atoms with Gasteiger partial charge in [-0.3, -0.25) is 9.59 Å². The Balaban J connectivity index is 2.36. The van der Waals surface area contributed by atoms with Gasteiger partial charge in [0.15, 0.2) is 5.12 Å². The van der Waals surface area contributed by atoms with E-state index < -0.39 is 11.2 Å². The number of aliphatic carboxylic acids is 1. The van der Waals surface area contributed by atoms with Crippen molar-refractivity contribution >= 4 is 22.8 Å². The van der Waals surface area contributed by atoms with E-state index in [2.05, 4.69) is 0 Å². The highest BCUT2D eigenvalue weighted by atomic mass is 32.2. The second-order valence-corrected chi connectivity index (χ2v) is 4.50. The minimum atomic E-state index is -0.859. The summed E-state index contributed by atoms with van der Waals surface area (Å²) in [6.45, 7) is 1.41. The Morgan fingerprint density at radius 3 is 2.50 bits per heavy atom. The molecule has 0 spiro atoms. The number of carboxylic acids is 1. The Bertz CT molecular complexity index is 198. The van der Waals surface area contributed by atoms with Crippen molar-refractivity contribution in [3.05, 3.63) is 0 Å². The molecule has 68 valence electrons. The maximum Gasteiger partial charge on any atom is 0.317 e. The van der Waals surface area contributed by atoms with Crippen LogP contribution in [0.5, 0.6) is 0 Å². The topological polar surface area (TPSA) is 54.4 Å². The Morgan fingerprint density at radius 2 is 2.17 bits per heavy atom. The zero-order valence-electron chi connectivity index (χ0n) is 6.95. The number of carbonyl (C=O) groups is 2. The lowest BCUT2D eigenvalue weighted by atomic mass is 10.2.